The lowest BCUT2D eigenvalue weighted by Crippen LogP contribution is -2.45. The lowest BCUT2D eigenvalue weighted by atomic mass is 9.99. The highest BCUT2D eigenvalue weighted by atomic mass is 15.2. The van der Waals surface area contributed by atoms with E-state index in [2.05, 4.69) is 44.8 Å². The van der Waals surface area contributed by atoms with E-state index in [1.54, 1.807) is 0 Å². The molecule has 96 valence electrons. The SMILES string of the molecule is CCN(CC)C(C)CNC(C(C)C)C1CC1. The molecule has 1 N–H and O–H groups in total. The zero-order valence-corrected chi connectivity index (χ0v) is 11.8. The van der Waals surface area contributed by atoms with E-state index in [4.69, 9.17) is 0 Å². The van der Waals surface area contributed by atoms with Gasteiger partial charge in [-0.1, -0.05) is 27.7 Å². The van der Waals surface area contributed by atoms with Crippen LogP contribution in [0.1, 0.15) is 47.5 Å². The Balaban J connectivity index is 2.30. The molecule has 1 saturated carbocycles. The monoisotopic (exact) mass is 226 g/mol. The quantitative estimate of drug-likeness (QED) is 0.684. The van der Waals surface area contributed by atoms with E-state index in [-0.39, 0.29) is 0 Å². The second kappa shape index (κ2) is 6.61. The molecule has 0 bridgehead atoms. The van der Waals surface area contributed by atoms with Gasteiger partial charge in [0.15, 0.2) is 0 Å². The molecule has 0 aromatic heterocycles. The van der Waals surface area contributed by atoms with Gasteiger partial charge < -0.3 is 5.32 Å². The average molecular weight is 226 g/mol. The van der Waals surface area contributed by atoms with E-state index in [9.17, 15) is 0 Å². The zero-order valence-electron chi connectivity index (χ0n) is 11.8. The molecule has 1 aliphatic carbocycles. The Morgan fingerprint density at radius 1 is 1.12 bits per heavy atom. The first-order chi connectivity index (χ1) is 7.60. The van der Waals surface area contributed by atoms with Crippen LogP contribution in [0.3, 0.4) is 0 Å². The van der Waals surface area contributed by atoms with E-state index < -0.39 is 0 Å². The van der Waals surface area contributed by atoms with E-state index in [0.717, 1.165) is 37.5 Å². The standard InChI is InChI=1S/C14H30N2/c1-6-16(7-2)12(5)10-15-14(11(3)4)13-8-9-13/h11-15H,6-10H2,1-5H3. The van der Waals surface area contributed by atoms with E-state index in [1.165, 1.54) is 12.8 Å². The van der Waals surface area contributed by atoms with Crippen molar-refractivity contribution in [2.45, 2.75) is 59.5 Å². The van der Waals surface area contributed by atoms with Crippen molar-refractivity contribution in [3.05, 3.63) is 0 Å². The second-order valence-electron chi connectivity index (χ2n) is 5.59. The summed E-state index contributed by atoms with van der Waals surface area (Å²) in [7, 11) is 0. The fourth-order valence-corrected chi connectivity index (χ4v) is 2.68. The number of nitrogens with zero attached hydrogens (tertiary/aromatic N) is 1. The van der Waals surface area contributed by atoms with Crippen molar-refractivity contribution in [2.24, 2.45) is 11.8 Å². The van der Waals surface area contributed by atoms with Crippen molar-refractivity contribution < 1.29 is 0 Å². The van der Waals surface area contributed by atoms with Gasteiger partial charge in [0.05, 0.1) is 0 Å². The first kappa shape index (κ1) is 14.0. The predicted molar refractivity (Wildman–Crippen MR) is 71.7 cm³/mol. The lowest BCUT2D eigenvalue weighted by molar-refractivity contribution is 0.212. The van der Waals surface area contributed by atoms with Crippen LogP contribution in [-0.4, -0.2) is 36.6 Å². The van der Waals surface area contributed by atoms with Crippen LogP contribution in [0.4, 0.5) is 0 Å². The smallest absolute Gasteiger partial charge is 0.0192 e. The second-order valence-corrected chi connectivity index (χ2v) is 5.59. The Hall–Kier alpha value is -0.0800. The summed E-state index contributed by atoms with van der Waals surface area (Å²) in [5, 5.41) is 3.79. The van der Waals surface area contributed by atoms with Crippen LogP contribution in [0.15, 0.2) is 0 Å². The molecular formula is C14H30N2. The number of nitrogens with one attached hydrogen (secondary N) is 1. The van der Waals surface area contributed by atoms with Crippen LogP contribution in [-0.2, 0) is 0 Å². The Bertz CT molecular complexity index is 181. The molecule has 0 saturated heterocycles. The van der Waals surface area contributed by atoms with Gasteiger partial charge in [-0.15, -0.1) is 0 Å². The van der Waals surface area contributed by atoms with Gasteiger partial charge in [-0.2, -0.15) is 0 Å². The summed E-state index contributed by atoms with van der Waals surface area (Å²) in [4.78, 5) is 2.53. The van der Waals surface area contributed by atoms with Gasteiger partial charge in [-0.3, -0.25) is 4.90 Å². The van der Waals surface area contributed by atoms with Gasteiger partial charge >= 0.3 is 0 Å². The molecule has 0 amide bonds. The molecule has 2 unspecified atom stereocenters. The first-order valence-electron chi connectivity index (χ1n) is 7.07. The summed E-state index contributed by atoms with van der Waals surface area (Å²) < 4.78 is 0. The fraction of sp³-hybridized carbons (Fsp3) is 1.00. The van der Waals surface area contributed by atoms with Gasteiger partial charge in [0.1, 0.15) is 0 Å². The first-order valence-corrected chi connectivity index (χ1v) is 7.07. The van der Waals surface area contributed by atoms with Gasteiger partial charge in [-0.05, 0) is 44.7 Å². The van der Waals surface area contributed by atoms with E-state index in [0.29, 0.717) is 6.04 Å². The molecule has 1 aliphatic rings. The molecule has 2 heteroatoms. The average Bonchev–Trinajstić information content (AvgIpc) is 3.03. The summed E-state index contributed by atoms with van der Waals surface area (Å²) >= 11 is 0. The van der Waals surface area contributed by atoms with Crippen LogP contribution < -0.4 is 5.32 Å². The van der Waals surface area contributed by atoms with Crippen LogP contribution in [0.5, 0.6) is 0 Å². The number of hydrogen-bond donors (Lipinski definition) is 1. The van der Waals surface area contributed by atoms with Crippen molar-refractivity contribution in [3.63, 3.8) is 0 Å². The summed E-state index contributed by atoms with van der Waals surface area (Å²) in [5.74, 6) is 1.74. The minimum Gasteiger partial charge on any atom is -0.312 e. The van der Waals surface area contributed by atoms with Crippen molar-refractivity contribution >= 4 is 0 Å². The molecule has 0 heterocycles. The maximum absolute atomic E-state index is 3.79. The van der Waals surface area contributed by atoms with Crippen LogP contribution >= 0.6 is 0 Å². The topological polar surface area (TPSA) is 15.3 Å². The molecule has 16 heavy (non-hydrogen) atoms. The van der Waals surface area contributed by atoms with Crippen LogP contribution in [0, 0.1) is 11.8 Å². The van der Waals surface area contributed by atoms with Crippen LogP contribution in [0.2, 0.25) is 0 Å². The van der Waals surface area contributed by atoms with Gasteiger partial charge in [0.2, 0.25) is 0 Å². The minimum atomic E-state index is 0.662. The molecule has 2 atom stereocenters. The molecule has 1 rings (SSSR count). The highest BCUT2D eigenvalue weighted by molar-refractivity contribution is 4.89. The molecule has 0 radical (unpaired) electrons. The largest absolute Gasteiger partial charge is 0.312 e. The lowest BCUT2D eigenvalue weighted by Gasteiger charge is -2.30. The highest BCUT2D eigenvalue weighted by Gasteiger charge is 2.32. The fourth-order valence-electron chi connectivity index (χ4n) is 2.68. The summed E-state index contributed by atoms with van der Waals surface area (Å²) in [6.45, 7) is 15.0. The summed E-state index contributed by atoms with van der Waals surface area (Å²) in [6.07, 6.45) is 2.88. The van der Waals surface area contributed by atoms with Crippen molar-refractivity contribution in [2.75, 3.05) is 19.6 Å². The van der Waals surface area contributed by atoms with E-state index in [1.807, 2.05) is 0 Å². The molecule has 2 nitrogen and oxygen atoms in total. The maximum atomic E-state index is 3.79. The minimum absolute atomic E-state index is 0.662. The molecular weight excluding hydrogens is 196 g/mol. The number of rotatable bonds is 8. The van der Waals surface area contributed by atoms with Crippen molar-refractivity contribution in [1.29, 1.82) is 0 Å². The number of hydrogen-bond acceptors (Lipinski definition) is 2. The Kier molecular flexibility index (Phi) is 5.77. The highest BCUT2D eigenvalue weighted by Crippen LogP contribution is 2.35. The Labute approximate surface area is 102 Å². The zero-order chi connectivity index (χ0) is 12.1. The molecule has 0 spiro atoms. The summed E-state index contributed by atoms with van der Waals surface area (Å²) in [6, 6.07) is 1.41. The normalized spacial score (nSPS) is 20.4. The maximum Gasteiger partial charge on any atom is 0.0192 e. The molecule has 1 fully saturated rings. The van der Waals surface area contributed by atoms with E-state index >= 15 is 0 Å². The predicted octanol–water partition coefficient (Wildman–Crippen LogP) is 2.74. The van der Waals surface area contributed by atoms with Gasteiger partial charge in [0, 0.05) is 18.6 Å². The van der Waals surface area contributed by atoms with Crippen molar-refractivity contribution in [3.8, 4) is 0 Å². The molecule has 0 aliphatic heterocycles. The Morgan fingerprint density at radius 2 is 1.69 bits per heavy atom. The third-order valence-corrected chi connectivity index (χ3v) is 3.93. The van der Waals surface area contributed by atoms with Crippen molar-refractivity contribution in [1.82, 2.24) is 10.2 Å². The van der Waals surface area contributed by atoms with Gasteiger partial charge in [0.25, 0.3) is 0 Å². The molecule has 0 aromatic carbocycles. The van der Waals surface area contributed by atoms with Gasteiger partial charge in [-0.25, -0.2) is 0 Å². The molecule has 0 aromatic rings. The number of likely N-dealkylation sites (N-methyl/N-ethyl adjacent to an activating group) is 1. The summed E-state index contributed by atoms with van der Waals surface area (Å²) in [5.41, 5.74) is 0. The van der Waals surface area contributed by atoms with Crippen LogP contribution in [0.25, 0.3) is 0 Å². The third kappa shape index (κ3) is 4.06. The third-order valence-electron chi connectivity index (χ3n) is 3.93. The Morgan fingerprint density at radius 3 is 2.06 bits per heavy atom.